The van der Waals surface area contributed by atoms with Crippen molar-refractivity contribution in [3.8, 4) is 0 Å². The van der Waals surface area contributed by atoms with E-state index in [0.717, 1.165) is 26.6 Å². The number of hydrogen-bond donors (Lipinski definition) is 1. The molecule has 4 aromatic rings. The van der Waals surface area contributed by atoms with Gasteiger partial charge in [0.15, 0.2) is 5.65 Å². The molecule has 130 valence electrons. The summed E-state index contributed by atoms with van der Waals surface area (Å²) in [4.78, 5) is 29.3. The second-order valence-corrected chi connectivity index (χ2v) is 6.37. The Hall–Kier alpha value is -3.41. The minimum absolute atomic E-state index is 0.359. The van der Waals surface area contributed by atoms with Crippen LogP contribution in [0.25, 0.3) is 21.8 Å². The first-order valence-electron chi connectivity index (χ1n) is 8.29. The van der Waals surface area contributed by atoms with Crippen molar-refractivity contribution in [3.05, 3.63) is 75.1 Å². The molecule has 6 nitrogen and oxygen atoms in total. The van der Waals surface area contributed by atoms with E-state index in [1.54, 1.807) is 13.2 Å². The van der Waals surface area contributed by atoms with Gasteiger partial charge in [-0.15, -0.1) is 0 Å². The Morgan fingerprint density at radius 1 is 0.962 bits per heavy atom. The molecule has 0 aliphatic heterocycles. The molecule has 0 spiro atoms. The summed E-state index contributed by atoms with van der Waals surface area (Å²) in [6, 6.07) is 14.0. The normalized spacial score (nSPS) is 11.2. The first-order chi connectivity index (χ1) is 12.5. The minimum atomic E-state index is -0.394. The van der Waals surface area contributed by atoms with Crippen LogP contribution in [-0.4, -0.2) is 14.1 Å². The number of fused-ring (bicyclic) bond motifs is 2. The molecule has 6 heteroatoms. The topological polar surface area (TPSA) is 68.9 Å². The zero-order chi connectivity index (χ0) is 18.4. The molecular formula is C20H18N4O2. The van der Waals surface area contributed by atoms with Gasteiger partial charge in [0, 0.05) is 31.4 Å². The van der Waals surface area contributed by atoms with Crippen molar-refractivity contribution in [2.45, 2.75) is 6.92 Å². The third kappa shape index (κ3) is 2.30. The summed E-state index contributed by atoms with van der Waals surface area (Å²) in [6.45, 7) is 1.89. The van der Waals surface area contributed by atoms with Gasteiger partial charge in [0.2, 0.25) is 0 Å². The van der Waals surface area contributed by atoms with Gasteiger partial charge < -0.3 is 5.32 Å². The van der Waals surface area contributed by atoms with Gasteiger partial charge in [-0.05, 0) is 23.9 Å². The van der Waals surface area contributed by atoms with Crippen molar-refractivity contribution in [1.29, 1.82) is 0 Å². The van der Waals surface area contributed by atoms with Crippen LogP contribution in [-0.2, 0) is 14.1 Å². The van der Waals surface area contributed by atoms with Crippen LogP contribution in [0.1, 0.15) is 5.56 Å². The highest BCUT2D eigenvalue weighted by Crippen LogP contribution is 2.30. The van der Waals surface area contributed by atoms with Gasteiger partial charge in [-0.1, -0.05) is 36.4 Å². The van der Waals surface area contributed by atoms with Crippen LogP contribution < -0.4 is 16.6 Å². The van der Waals surface area contributed by atoms with Crippen molar-refractivity contribution < 1.29 is 0 Å². The fraction of sp³-hybridized carbons (Fsp3) is 0.150. The highest BCUT2D eigenvalue weighted by Gasteiger charge is 2.16. The number of nitrogens with zero attached hydrogens (tertiary/aromatic N) is 3. The largest absolute Gasteiger partial charge is 0.354 e. The van der Waals surface area contributed by atoms with Crippen LogP contribution >= 0.6 is 0 Å². The van der Waals surface area contributed by atoms with Crippen molar-refractivity contribution in [1.82, 2.24) is 14.1 Å². The van der Waals surface area contributed by atoms with E-state index >= 15 is 0 Å². The molecule has 0 amide bonds. The zero-order valence-corrected chi connectivity index (χ0v) is 14.8. The standard InChI is InChI=1S/C20H18N4O2/c1-12-11-21-18-16(19(25)24(3)20(26)23(18)2)17(12)22-15-10-6-8-13-7-4-5-9-14(13)15/h4-11H,1-3H3,(H,21,22). The highest BCUT2D eigenvalue weighted by molar-refractivity contribution is 5.99. The molecule has 0 fully saturated rings. The lowest BCUT2D eigenvalue weighted by atomic mass is 10.1. The van der Waals surface area contributed by atoms with Gasteiger partial charge in [0.25, 0.3) is 5.56 Å². The molecule has 0 saturated heterocycles. The SMILES string of the molecule is Cc1cnc2c(c1Nc1cccc3ccccc13)c(=O)n(C)c(=O)n2C. The summed E-state index contributed by atoms with van der Waals surface area (Å²) < 4.78 is 2.50. The van der Waals surface area contributed by atoms with E-state index in [-0.39, 0.29) is 5.56 Å². The van der Waals surface area contributed by atoms with Crippen LogP contribution in [0.2, 0.25) is 0 Å². The number of aryl methyl sites for hydroxylation is 2. The molecule has 0 atom stereocenters. The fourth-order valence-corrected chi connectivity index (χ4v) is 3.25. The highest BCUT2D eigenvalue weighted by atomic mass is 16.2. The van der Waals surface area contributed by atoms with Crippen molar-refractivity contribution in [2.75, 3.05) is 5.32 Å². The van der Waals surface area contributed by atoms with Crippen LogP contribution in [0, 0.1) is 6.92 Å². The quantitative estimate of drug-likeness (QED) is 0.606. The first kappa shape index (κ1) is 16.1. The number of rotatable bonds is 2. The van der Waals surface area contributed by atoms with E-state index in [0.29, 0.717) is 16.7 Å². The third-order valence-corrected chi connectivity index (χ3v) is 4.71. The Labute approximate surface area is 149 Å². The average Bonchev–Trinajstić information content (AvgIpc) is 2.66. The number of pyridine rings is 1. The van der Waals surface area contributed by atoms with Gasteiger partial charge in [0.1, 0.15) is 5.39 Å². The van der Waals surface area contributed by atoms with Gasteiger partial charge in [-0.25, -0.2) is 9.78 Å². The van der Waals surface area contributed by atoms with Gasteiger partial charge in [0.05, 0.1) is 5.69 Å². The Bertz CT molecular complexity index is 1280. The molecular weight excluding hydrogens is 328 g/mol. The van der Waals surface area contributed by atoms with Crippen molar-refractivity contribution in [3.63, 3.8) is 0 Å². The molecule has 2 aromatic heterocycles. The molecule has 0 aliphatic rings. The van der Waals surface area contributed by atoms with Gasteiger partial charge >= 0.3 is 5.69 Å². The van der Waals surface area contributed by atoms with Gasteiger partial charge in [-0.2, -0.15) is 0 Å². The van der Waals surface area contributed by atoms with Crippen LogP contribution in [0.3, 0.4) is 0 Å². The van der Waals surface area contributed by atoms with Crippen LogP contribution in [0.5, 0.6) is 0 Å². The van der Waals surface area contributed by atoms with Crippen LogP contribution in [0.4, 0.5) is 11.4 Å². The van der Waals surface area contributed by atoms with Gasteiger partial charge in [-0.3, -0.25) is 13.9 Å². The van der Waals surface area contributed by atoms with E-state index < -0.39 is 5.69 Å². The number of nitrogens with one attached hydrogen (secondary N) is 1. The minimum Gasteiger partial charge on any atom is -0.354 e. The number of benzene rings is 2. The van der Waals surface area contributed by atoms with Crippen LogP contribution in [0.15, 0.2) is 58.3 Å². The van der Waals surface area contributed by atoms with Crippen molar-refractivity contribution >= 4 is 33.2 Å². The molecule has 26 heavy (non-hydrogen) atoms. The summed E-state index contributed by atoms with van der Waals surface area (Å²) in [6.07, 6.45) is 1.68. The average molecular weight is 346 g/mol. The maximum atomic E-state index is 12.8. The first-order valence-corrected chi connectivity index (χ1v) is 8.29. The lowest BCUT2D eigenvalue weighted by molar-refractivity contribution is 0.707. The Kier molecular flexibility index (Phi) is 3.61. The summed E-state index contributed by atoms with van der Waals surface area (Å²) >= 11 is 0. The summed E-state index contributed by atoms with van der Waals surface area (Å²) in [7, 11) is 3.10. The predicted octanol–water partition coefficient (Wildman–Crippen LogP) is 2.84. The second kappa shape index (κ2) is 5.84. The maximum absolute atomic E-state index is 12.8. The lowest BCUT2D eigenvalue weighted by Crippen LogP contribution is -2.37. The molecule has 0 radical (unpaired) electrons. The summed E-state index contributed by atoms with van der Waals surface area (Å²) in [5.74, 6) is 0. The number of hydrogen-bond acceptors (Lipinski definition) is 4. The fourth-order valence-electron chi connectivity index (χ4n) is 3.25. The molecule has 4 rings (SSSR count). The molecule has 2 aromatic carbocycles. The molecule has 0 saturated carbocycles. The van der Waals surface area contributed by atoms with E-state index in [1.807, 2.05) is 49.4 Å². The number of aromatic nitrogens is 3. The molecule has 1 N–H and O–H groups in total. The Balaban J connectivity index is 2.04. The summed E-state index contributed by atoms with van der Waals surface area (Å²) in [5.41, 5.74) is 2.02. The second-order valence-electron chi connectivity index (χ2n) is 6.37. The Morgan fingerprint density at radius 2 is 1.69 bits per heavy atom. The summed E-state index contributed by atoms with van der Waals surface area (Å²) in [5, 5.41) is 5.97. The smallest absolute Gasteiger partial charge is 0.332 e. The Morgan fingerprint density at radius 3 is 2.50 bits per heavy atom. The number of anilines is 2. The molecule has 0 aliphatic carbocycles. The predicted molar refractivity (Wildman–Crippen MR) is 104 cm³/mol. The monoisotopic (exact) mass is 346 g/mol. The maximum Gasteiger partial charge on any atom is 0.332 e. The van der Waals surface area contributed by atoms with Crippen molar-refractivity contribution in [2.24, 2.45) is 14.1 Å². The van der Waals surface area contributed by atoms with E-state index in [4.69, 9.17) is 0 Å². The lowest BCUT2D eigenvalue weighted by Gasteiger charge is -2.15. The zero-order valence-electron chi connectivity index (χ0n) is 14.8. The molecule has 0 bridgehead atoms. The third-order valence-electron chi connectivity index (χ3n) is 4.71. The van der Waals surface area contributed by atoms with E-state index in [1.165, 1.54) is 11.6 Å². The van der Waals surface area contributed by atoms with E-state index in [2.05, 4.69) is 10.3 Å². The van der Waals surface area contributed by atoms with E-state index in [9.17, 15) is 9.59 Å². The molecule has 2 heterocycles. The molecule has 0 unspecified atom stereocenters.